The zero-order chi connectivity index (χ0) is 9.80. The molecule has 0 aliphatic carbocycles. The van der Waals surface area contributed by atoms with E-state index in [0.29, 0.717) is 0 Å². The van der Waals surface area contributed by atoms with Gasteiger partial charge in [0.05, 0.1) is 0 Å². The van der Waals surface area contributed by atoms with Crippen LogP contribution < -0.4 is 0 Å². The monoisotopic (exact) mass is 202 g/mol. The first-order chi connectivity index (χ1) is 6.84. The third kappa shape index (κ3) is 2.26. The van der Waals surface area contributed by atoms with E-state index < -0.39 is 0 Å². The fourth-order valence-electron chi connectivity index (χ4n) is 1.29. The molecule has 1 aromatic heterocycles. The van der Waals surface area contributed by atoms with Crippen LogP contribution in [0.4, 0.5) is 0 Å². The topological polar surface area (TPSA) is 28.7 Å². The molecule has 1 aromatic carbocycles. The fourth-order valence-corrected chi connectivity index (χ4v) is 1.47. The smallest absolute Gasteiger partial charge is 0.111 e. The highest BCUT2D eigenvalue weighted by Crippen LogP contribution is 2.03. The second-order valence-corrected chi connectivity index (χ2v) is 3.48. The Morgan fingerprint density at radius 2 is 1.93 bits per heavy atom. The number of benzene rings is 1. The van der Waals surface area contributed by atoms with Crippen molar-refractivity contribution in [3.63, 3.8) is 0 Å². The second-order valence-electron chi connectivity index (χ2n) is 3.04. The molecule has 0 spiro atoms. The van der Waals surface area contributed by atoms with Crippen LogP contribution in [-0.2, 0) is 6.42 Å². The van der Waals surface area contributed by atoms with E-state index in [1.54, 1.807) is 12.3 Å². The highest BCUT2D eigenvalue weighted by atomic mass is 32.1. The Labute approximate surface area is 87.7 Å². The second kappa shape index (κ2) is 4.15. The van der Waals surface area contributed by atoms with Crippen molar-refractivity contribution in [2.75, 3.05) is 0 Å². The van der Waals surface area contributed by atoms with E-state index in [2.05, 4.69) is 22.1 Å². The van der Waals surface area contributed by atoms with E-state index in [1.807, 2.05) is 18.2 Å². The largest absolute Gasteiger partial charge is 0.335 e. The zero-order valence-corrected chi connectivity index (χ0v) is 8.42. The van der Waals surface area contributed by atoms with Crippen molar-refractivity contribution in [2.45, 2.75) is 6.42 Å². The van der Waals surface area contributed by atoms with Gasteiger partial charge in [0.15, 0.2) is 0 Å². The van der Waals surface area contributed by atoms with Crippen LogP contribution >= 0.6 is 12.2 Å². The molecule has 70 valence electrons. The van der Waals surface area contributed by atoms with Gasteiger partial charge in [0.1, 0.15) is 10.5 Å². The van der Waals surface area contributed by atoms with Crippen LogP contribution in [0.3, 0.4) is 0 Å². The predicted octanol–water partition coefficient (Wildman–Crippen LogP) is 2.73. The molecule has 14 heavy (non-hydrogen) atoms. The van der Waals surface area contributed by atoms with Gasteiger partial charge in [-0.25, -0.2) is 4.98 Å². The summed E-state index contributed by atoms with van der Waals surface area (Å²) in [7, 11) is 0. The van der Waals surface area contributed by atoms with Crippen LogP contribution in [-0.4, -0.2) is 9.97 Å². The molecule has 2 rings (SSSR count). The van der Waals surface area contributed by atoms with Crippen molar-refractivity contribution in [2.24, 2.45) is 0 Å². The number of nitrogens with zero attached hydrogens (tertiary/aromatic N) is 1. The maximum absolute atomic E-state index is 5.02. The summed E-state index contributed by atoms with van der Waals surface area (Å²) < 4.78 is 0.728. The first-order valence-corrected chi connectivity index (χ1v) is 4.83. The van der Waals surface area contributed by atoms with Gasteiger partial charge in [-0.15, -0.1) is 0 Å². The molecule has 0 unspecified atom stereocenters. The number of hydrogen-bond acceptors (Lipinski definition) is 2. The summed E-state index contributed by atoms with van der Waals surface area (Å²) >= 11 is 5.02. The van der Waals surface area contributed by atoms with Gasteiger partial charge in [-0.1, -0.05) is 42.5 Å². The summed E-state index contributed by atoms with van der Waals surface area (Å²) in [5, 5.41) is 0. The van der Waals surface area contributed by atoms with Gasteiger partial charge in [-0.2, -0.15) is 0 Å². The average molecular weight is 202 g/mol. The average Bonchev–Trinajstić information content (AvgIpc) is 2.19. The molecule has 1 heterocycles. The summed E-state index contributed by atoms with van der Waals surface area (Å²) in [5.74, 6) is 0.906. The van der Waals surface area contributed by atoms with Crippen molar-refractivity contribution in [1.82, 2.24) is 9.97 Å². The summed E-state index contributed by atoms with van der Waals surface area (Å²) in [6.07, 6.45) is 2.53. The molecule has 0 radical (unpaired) electrons. The molecule has 0 atom stereocenters. The van der Waals surface area contributed by atoms with Crippen molar-refractivity contribution < 1.29 is 0 Å². The third-order valence-electron chi connectivity index (χ3n) is 1.94. The predicted molar refractivity (Wildman–Crippen MR) is 58.7 cm³/mol. The van der Waals surface area contributed by atoms with Crippen molar-refractivity contribution in [1.29, 1.82) is 0 Å². The molecule has 0 amide bonds. The quantitative estimate of drug-likeness (QED) is 0.758. The van der Waals surface area contributed by atoms with E-state index >= 15 is 0 Å². The Kier molecular flexibility index (Phi) is 2.70. The van der Waals surface area contributed by atoms with Gasteiger partial charge >= 0.3 is 0 Å². The van der Waals surface area contributed by atoms with Gasteiger partial charge in [0, 0.05) is 12.6 Å². The summed E-state index contributed by atoms with van der Waals surface area (Å²) in [4.78, 5) is 7.27. The molecule has 2 nitrogen and oxygen atoms in total. The molecular formula is C11H10N2S. The molecule has 2 aromatic rings. The van der Waals surface area contributed by atoms with Gasteiger partial charge in [-0.3, -0.25) is 0 Å². The van der Waals surface area contributed by atoms with Gasteiger partial charge in [0.25, 0.3) is 0 Å². The molecule has 1 N–H and O–H groups in total. The summed E-state index contributed by atoms with van der Waals surface area (Å²) in [6, 6.07) is 12.0. The molecular weight excluding hydrogens is 192 g/mol. The maximum Gasteiger partial charge on any atom is 0.111 e. The van der Waals surface area contributed by atoms with E-state index in [-0.39, 0.29) is 0 Å². The Morgan fingerprint density at radius 3 is 2.64 bits per heavy atom. The van der Waals surface area contributed by atoms with Crippen LogP contribution in [0.25, 0.3) is 0 Å². The Hall–Kier alpha value is -1.48. The van der Waals surface area contributed by atoms with Crippen LogP contribution in [0.15, 0.2) is 42.6 Å². The molecule has 0 saturated heterocycles. The highest BCUT2D eigenvalue weighted by molar-refractivity contribution is 7.71. The number of nitrogens with one attached hydrogen (secondary N) is 1. The Morgan fingerprint density at radius 1 is 1.14 bits per heavy atom. The molecule has 3 heteroatoms. The van der Waals surface area contributed by atoms with Crippen molar-refractivity contribution in [3.8, 4) is 0 Å². The summed E-state index contributed by atoms with van der Waals surface area (Å²) in [6.45, 7) is 0. The number of rotatable bonds is 2. The van der Waals surface area contributed by atoms with E-state index in [4.69, 9.17) is 12.2 Å². The minimum Gasteiger partial charge on any atom is -0.335 e. The van der Waals surface area contributed by atoms with Crippen molar-refractivity contribution >= 4 is 12.2 Å². The van der Waals surface area contributed by atoms with E-state index in [1.165, 1.54) is 5.56 Å². The first kappa shape index (κ1) is 9.09. The van der Waals surface area contributed by atoms with Gasteiger partial charge < -0.3 is 4.98 Å². The van der Waals surface area contributed by atoms with Crippen molar-refractivity contribution in [3.05, 3.63) is 58.6 Å². The zero-order valence-electron chi connectivity index (χ0n) is 7.60. The minimum absolute atomic E-state index is 0.728. The maximum atomic E-state index is 5.02. The van der Waals surface area contributed by atoms with E-state index in [0.717, 1.165) is 16.9 Å². The lowest BCUT2D eigenvalue weighted by molar-refractivity contribution is 0.960. The fraction of sp³-hybridized carbons (Fsp3) is 0.0909. The van der Waals surface area contributed by atoms with Gasteiger partial charge in [-0.05, 0) is 11.6 Å². The van der Waals surface area contributed by atoms with Crippen LogP contribution in [0, 0.1) is 4.64 Å². The Bertz CT molecular complexity index is 462. The standard InChI is InChI=1S/C11H10N2S/c14-11-6-7-12-10(13-11)8-9-4-2-1-3-5-9/h1-7H,8H2,(H,12,13,14). The molecule has 0 saturated carbocycles. The number of H-pyrrole nitrogens is 1. The lowest BCUT2D eigenvalue weighted by atomic mass is 10.1. The first-order valence-electron chi connectivity index (χ1n) is 4.43. The lowest BCUT2D eigenvalue weighted by Crippen LogP contribution is -1.95. The van der Waals surface area contributed by atoms with Crippen LogP contribution in [0.5, 0.6) is 0 Å². The summed E-state index contributed by atoms with van der Waals surface area (Å²) in [5.41, 5.74) is 1.23. The number of aromatic amines is 1. The minimum atomic E-state index is 0.728. The lowest BCUT2D eigenvalue weighted by Gasteiger charge is -1.99. The van der Waals surface area contributed by atoms with Crippen LogP contribution in [0.2, 0.25) is 0 Å². The SMILES string of the molecule is S=c1ccnc(Cc2ccccc2)[nH]1. The third-order valence-corrected chi connectivity index (χ3v) is 2.18. The highest BCUT2D eigenvalue weighted by Gasteiger charge is 1.95. The molecule has 0 aliphatic rings. The Balaban J connectivity index is 2.24. The van der Waals surface area contributed by atoms with E-state index in [9.17, 15) is 0 Å². The molecule has 0 aliphatic heterocycles. The number of aromatic nitrogens is 2. The van der Waals surface area contributed by atoms with Gasteiger partial charge in [0.2, 0.25) is 0 Å². The normalized spacial score (nSPS) is 10.0. The molecule has 0 fully saturated rings. The molecule has 0 bridgehead atoms. The van der Waals surface area contributed by atoms with Crippen LogP contribution in [0.1, 0.15) is 11.4 Å². The number of hydrogen-bond donors (Lipinski definition) is 1.